The lowest BCUT2D eigenvalue weighted by atomic mass is 10.1. The molecule has 0 N–H and O–H groups in total. The maximum Gasteiger partial charge on any atom is 0.266 e. The highest BCUT2D eigenvalue weighted by Crippen LogP contribution is 2.28. The molecule has 1 amide bonds. The lowest BCUT2D eigenvalue weighted by molar-refractivity contribution is 0.0671. The number of para-hydroxylation sites is 1. The minimum atomic E-state index is -0.432. The SMILES string of the molecule is CCC(c1nc2ccccc2c(=O)n1-c1ccc(OC)cc1)N(CC)C(=O)c1cccc(OC)c1. The van der Waals surface area contributed by atoms with Crippen molar-refractivity contribution in [3.05, 3.63) is 94.5 Å². The highest BCUT2D eigenvalue weighted by atomic mass is 16.5. The molecular weight excluding hydrogens is 442 g/mol. The van der Waals surface area contributed by atoms with E-state index in [0.29, 0.717) is 52.4 Å². The summed E-state index contributed by atoms with van der Waals surface area (Å²) in [7, 11) is 3.17. The predicted octanol–water partition coefficient (Wildman–Crippen LogP) is 5.02. The third kappa shape index (κ3) is 4.62. The van der Waals surface area contributed by atoms with Crippen LogP contribution in [0.15, 0.2) is 77.6 Å². The summed E-state index contributed by atoms with van der Waals surface area (Å²) >= 11 is 0. The minimum Gasteiger partial charge on any atom is -0.497 e. The number of rotatable bonds is 8. The van der Waals surface area contributed by atoms with Crippen molar-refractivity contribution in [2.75, 3.05) is 20.8 Å². The molecule has 1 atom stereocenters. The van der Waals surface area contributed by atoms with Crippen molar-refractivity contribution in [3.63, 3.8) is 0 Å². The number of ether oxygens (including phenoxy) is 2. The van der Waals surface area contributed by atoms with Gasteiger partial charge in [-0.15, -0.1) is 0 Å². The Balaban J connectivity index is 1.91. The van der Waals surface area contributed by atoms with Gasteiger partial charge in [0, 0.05) is 12.1 Å². The fourth-order valence-electron chi connectivity index (χ4n) is 4.32. The van der Waals surface area contributed by atoms with Gasteiger partial charge in [0.25, 0.3) is 11.5 Å². The molecule has 0 aliphatic rings. The second kappa shape index (κ2) is 10.4. The van der Waals surface area contributed by atoms with Crippen LogP contribution in [-0.2, 0) is 0 Å². The number of methoxy groups -OCH3 is 2. The molecule has 0 aliphatic heterocycles. The lowest BCUT2D eigenvalue weighted by Crippen LogP contribution is -2.38. The van der Waals surface area contributed by atoms with E-state index in [-0.39, 0.29) is 11.5 Å². The molecule has 0 radical (unpaired) electrons. The molecule has 7 nitrogen and oxygen atoms in total. The molecule has 35 heavy (non-hydrogen) atoms. The quantitative estimate of drug-likeness (QED) is 0.361. The number of hydrogen-bond donors (Lipinski definition) is 0. The van der Waals surface area contributed by atoms with Crippen LogP contribution in [0, 0.1) is 0 Å². The van der Waals surface area contributed by atoms with Gasteiger partial charge in [0.1, 0.15) is 17.3 Å². The van der Waals surface area contributed by atoms with Crippen molar-refractivity contribution in [2.24, 2.45) is 0 Å². The summed E-state index contributed by atoms with van der Waals surface area (Å²) in [4.78, 5) is 34.0. The summed E-state index contributed by atoms with van der Waals surface area (Å²) < 4.78 is 12.2. The molecule has 0 aliphatic carbocycles. The Bertz CT molecular complexity index is 1400. The average molecular weight is 472 g/mol. The summed E-state index contributed by atoms with van der Waals surface area (Å²) in [6.45, 7) is 4.36. The van der Waals surface area contributed by atoms with Gasteiger partial charge in [0.05, 0.1) is 36.9 Å². The van der Waals surface area contributed by atoms with Gasteiger partial charge in [0.15, 0.2) is 0 Å². The van der Waals surface area contributed by atoms with E-state index >= 15 is 0 Å². The number of nitrogens with zero attached hydrogens (tertiary/aromatic N) is 3. The molecule has 1 unspecified atom stereocenters. The molecule has 4 aromatic rings. The maximum atomic E-state index is 13.7. The molecule has 0 bridgehead atoms. The third-order valence-corrected chi connectivity index (χ3v) is 6.11. The monoisotopic (exact) mass is 471 g/mol. The first-order valence-corrected chi connectivity index (χ1v) is 11.6. The molecule has 3 aromatic carbocycles. The molecule has 0 saturated heterocycles. The van der Waals surface area contributed by atoms with Crippen LogP contribution in [0.25, 0.3) is 16.6 Å². The molecule has 7 heteroatoms. The van der Waals surface area contributed by atoms with Gasteiger partial charge in [-0.1, -0.05) is 25.1 Å². The van der Waals surface area contributed by atoms with Crippen LogP contribution in [0.3, 0.4) is 0 Å². The van der Waals surface area contributed by atoms with Crippen molar-refractivity contribution >= 4 is 16.8 Å². The third-order valence-electron chi connectivity index (χ3n) is 6.11. The van der Waals surface area contributed by atoms with Crippen LogP contribution in [0.5, 0.6) is 11.5 Å². The van der Waals surface area contributed by atoms with Gasteiger partial charge >= 0.3 is 0 Å². The second-order valence-corrected chi connectivity index (χ2v) is 8.07. The average Bonchev–Trinajstić information content (AvgIpc) is 2.91. The molecule has 0 spiro atoms. The first-order valence-electron chi connectivity index (χ1n) is 11.6. The molecule has 0 saturated carbocycles. The summed E-state index contributed by atoms with van der Waals surface area (Å²) in [5, 5.41) is 0.518. The van der Waals surface area contributed by atoms with E-state index in [1.807, 2.05) is 44.2 Å². The van der Waals surface area contributed by atoms with E-state index < -0.39 is 6.04 Å². The van der Waals surface area contributed by atoms with Gasteiger partial charge in [-0.3, -0.25) is 14.2 Å². The van der Waals surface area contributed by atoms with E-state index in [0.717, 1.165) is 0 Å². The zero-order chi connectivity index (χ0) is 24.9. The smallest absolute Gasteiger partial charge is 0.266 e. The van der Waals surface area contributed by atoms with Gasteiger partial charge in [-0.2, -0.15) is 0 Å². The number of amides is 1. The number of carbonyl (C=O) groups is 1. The molecule has 1 heterocycles. The van der Waals surface area contributed by atoms with Gasteiger partial charge in [-0.05, 0) is 67.9 Å². The van der Waals surface area contributed by atoms with Crippen LogP contribution < -0.4 is 15.0 Å². The molecule has 180 valence electrons. The molecule has 1 aromatic heterocycles. The largest absolute Gasteiger partial charge is 0.497 e. The van der Waals surface area contributed by atoms with Crippen molar-refractivity contribution < 1.29 is 14.3 Å². The van der Waals surface area contributed by atoms with Crippen molar-refractivity contribution in [1.82, 2.24) is 14.5 Å². The van der Waals surface area contributed by atoms with E-state index in [1.54, 1.807) is 66.2 Å². The summed E-state index contributed by atoms with van der Waals surface area (Å²) in [6.07, 6.45) is 0.574. The van der Waals surface area contributed by atoms with Gasteiger partial charge in [-0.25, -0.2) is 4.98 Å². The first kappa shape index (κ1) is 24.0. The van der Waals surface area contributed by atoms with E-state index in [9.17, 15) is 9.59 Å². The van der Waals surface area contributed by atoms with Gasteiger partial charge < -0.3 is 14.4 Å². The highest BCUT2D eigenvalue weighted by Gasteiger charge is 2.29. The summed E-state index contributed by atoms with van der Waals surface area (Å²) in [5.41, 5.74) is 1.59. The second-order valence-electron chi connectivity index (χ2n) is 8.07. The fraction of sp³-hybridized carbons (Fsp3) is 0.250. The number of hydrogen-bond acceptors (Lipinski definition) is 5. The number of aromatic nitrogens is 2. The number of benzene rings is 3. The zero-order valence-corrected chi connectivity index (χ0v) is 20.4. The molecule has 0 fully saturated rings. The van der Waals surface area contributed by atoms with Crippen LogP contribution >= 0.6 is 0 Å². The first-order chi connectivity index (χ1) is 17.0. The normalized spacial score (nSPS) is 11.8. The van der Waals surface area contributed by atoms with Gasteiger partial charge in [0.2, 0.25) is 0 Å². The fourth-order valence-corrected chi connectivity index (χ4v) is 4.32. The Kier molecular flexibility index (Phi) is 7.15. The Morgan fingerprint density at radius 1 is 0.943 bits per heavy atom. The minimum absolute atomic E-state index is 0.151. The van der Waals surface area contributed by atoms with Crippen LogP contribution in [0.4, 0.5) is 0 Å². The highest BCUT2D eigenvalue weighted by molar-refractivity contribution is 5.95. The Hall–Kier alpha value is -4.13. The van der Waals surface area contributed by atoms with Crippen LogP contribution in [-0.4, -0.2) is 41.1 Å². The van der Waals surface area contributed by atoms with Crippen LogP contribution in [0.1, 0.15) is 42.5 Å². The lowest BCUT2D eigenvalue weighted by Gasteiger charge is -2.31. The van der Waals surface area contributed by atoms with Crippen LogP contribution in [0.2, 0.25) is 0 Å². The standard InChI is InChI=1S/C28H29N3O4/c1-5-25(30(6-2)27(32)19-10-9-11-22(18-19)35-4)26-29-24-13-8-7-12-23(24)28(33)31(26)20-14-16-21(34-3)17-15-20/h7-18,25H,5-6H2,1-4H3. The van der Waals surface area contributed by atoms with E-state index in [2.05, 4.69) is 0 Å². The molecular formula is C28H29N3O4. The zero-order valence-electron chi connectivity index (χ0n) is 20.4. The van der Waals surface area contributed by atoms with Crippen molar-refractivity contribution in [2.45, 2.75) is 26.3 Å². The van der Waals surface area contributed by atoms with E-state index in [1.165, 1.54) is 0 Å². The molecule has 4 rings (SSSR count). The van der Waals surface area contributed by atoms with E-state index in [4.69, 9.17) is 14.5 Å². The summed E-state index contributed by atoms with van der Waals surface area (Å²) in [5.74, 6) is 1.66. The van der Waals surface area contributed by atoms with Crippen molar-refractivity contribution in [3.8, 4) is 17.2 Å². The Morgan fingerprint density at radius 2 is 1.66 bits per heavy atom. The predicted molar refractivity (Wildman–Crippen MR) is 137 cm³/mol. The Morgan fingerprint density at radius 3 is 2.31 bits per heavy atom. The maximum absolute atomic E-state index is 13.7. The number of fused-ring (bicyclic) bond motifs is 1. The number of carbonyl (C=O) groups excluding carboxylic acids is 1. The summed E-state index contributed by atoms with van der Waals surface area (Å²) in [6, 6.07) is 21.2. The van der Waals surface area contributed by atoms with Crippen molar-refractivity contribution in [1.29, 1.82) is 0 Å². The topological polar surface area (TPSA) is 73.7 Å². The Labute approximate surface area is 204 Å².